The molecule has 1 saturated carbocycles. The molecule has 1 aromatic heterocycles. The molecule has 0 amide bonds. The smallest absolute Gasteiger partial charge is 0.110 e. The van der Waals surface area contributed by atoms with Crippen LogP contribution >= 0.6 is 35.1 Å². The van der Waals surface area contributed by atoms with Crippen molar-refractivity contribution >= 4 is 35.1 Å². The fourth-order valence-corrected chi connectivity index (χ4v) is 9.61. The van der Waals surface area contributed by atoms with Gasteiger partial charge in [0.25, 0.3) is 0 Å². The third-order valence-corrected chi connectivity index (χ3v) is 11.1. The summed E-state index contributed by atoms with van der Waals surface area (Å²) in [5.74, 6) is 0.157. The molecule has 6 heteroatoms. The third kappa shape index (κ3) is 3.94. The zero-order chi connectivity index (χ0) is 25.0. The predicted octanol–water partition coefficient (Wildman–Crippen LogP) is 8.76. The van der Waals surface area contributed by atoms with Gasteiger partial charge in [0.2, 0.25) is 0 Å². The van der Waals surface area contributed by atoms with Crippen molar-refractivity contribution in [3.8, 4) is 5.69 Å². The van der Waals surface area contributed by atoms with Crippen LogP contribution < -0.4 is 0 Å². The van der Waals surface area contributed by atoms with E-state index in [4.69, 9.17) is 16.7 Å². The maximum Gasteiger partial charge on any atom is 0.110 e. The SMILES string of the molecule is Cc1nn(-c2ccccc2)c2c1C(c1ccc(Cl)cc1)C1=C(S2)N(Cc2ccccc2)C2(CCCC2)S1. The lowest BCUT2D eigenvalue weighted by Gasteiger charge is -2.38. The average molecular weight is 542 g/mol. The van der Waals surface area contributed by atoms with Crippen LogP contribution in [0.4, 0.5) is 0 Å². The largest absolute Gasteiger partial charge is 0.346 e. The molecule has 3 nitrogen and oxygen atoms in total. The standard InChI is InChI=1S/C31H28ClN3S2/c1-21-26-27(23-14-16-24(32)17-15-23)28-30(36-29(26)35(33-21)25-12-6-3-7-13-25)34(20-22-10-4-2-5-11-22)31(37-28)18-8-9-19-31/h2-7,10-17,27H,8-9,18-20H2,1H3. The van der Waals surface area contributed by atoms with Crippen molar-refractivity contribution in [1.29, 1.82) is 0 Å². The van der Waals surface area contributed by atoms with Crippen LogP contribution in [0.15, 0.2) is 99.9 Å². The van der Waals surface area contributed by atoms with Crippen molar-refractivity contribution in [2.75, 3.05) is 0 Å². The van der Waals surface area contributed by atoms with E-state index in [1.54, 1.807) is 0 Å². The van der Waals surface area contributed by atoms with E-state index in [1.807, 2.05) is 23.9 Å². The highest BCUT2D eigenvalue weighted by atomic mass is 35.5. The molecule has 2 aliphatic heterocycles. The first-order valence-electron chi connectivity index (χ1n) is 13.0. The third-order valence-electron chi connectivity index (χ3n) is 7.83. The summed E-state index contributed by atoms with van der Waals surface area (Å²) in [5.41, 5.74) is 6.19. The van der Waals surface area contributed by atoms with Gasteiger partial charge in [0, 0.05) is 28.0 Å². The van der Waals surface area contributed by atoms with Crippen molar-refractivity contribution in [2.45, 2.75) is 55.0 Å². The van der Waals surface area contributed by atoms with E-state index in [0.717, 1.165) is 22.9 Å². The number of para-hydroxylation sites is 1. The number of allylic oxidation sites excluding steroid dienone is 1. The first-order chi connectivity index (χ1) is 18.1. The Kier molecular flexibility index (Phi) is 5.91. The molecule has 7 rings (SSSR count). The van der Waals surface area contributed by atoms with Gasteiger partial charge in [-0.3, -0.25) is 0 Å². The molecule has 1 aliphatic carbocycles. The van der Waals surface area contributed by atoms with Crippen LogP contribution in [0.1, 0.15) is 54.0 Å². The zero-order valence-electron chi connectivity index (χ0n) is 20.7. The number of hydrogen-bond donors (Lipinski definition) is 0. The second-order valence-corrected chi connectivity index (χ2v) is 13.0. The maximum absolute atomic E-state index is 6.34. The van der Waals surface area contributed by atoms with Gasteiger partial charge in [-0.25, -0.2) is 4.68 Å². The van der Waals surface area contributed by atoms with Gasteiger partial charge in [0.05, 0.1) is 21.3 Å². The highest BCUT2D eigenvalue weighted by molar-refractivity contribution is 8.08. The number of fused-ring (bicyclic) bond motifs is 1. The lowest BCUT2D eigenvalue weighted by atomic mass is 9.91. The second kappa shape index (κ2) is 9.30. The minimum Gasteiger partial charge on any atom is -0.346 e. The van der Waals surface area contributed by atoms with Gasteiger partial charge in [0.1, 0.15) is 5.03 Å². The Morgan fingerprint density at radius 2 is 1.59 bits per heavy atom. The Bertz CT molecular complexity index is 1470. The van der Waals surface area contributed by atoms with Gasteiger partial charge in [-0.15, -0.1) is 0 Å². The predicted molar refractivity (Wildman–Crippen MR) is 155 cm³/mol. The Morgan fingerprint density at radius 1 is 0.919 bits per heavy atom. The van der Waals surface area contributed by atoms with Gasteiger partial charge in [0.15, 0.2) is 0 Å². The Hall–Kier alpha value is -2.60. The summed E-state index contributed by atoms with van der Waals surface area (Å²) in [4.78, 5) is 4.35. The molecule has 0 N–H and O–H groups in total. The Labute approximate surface area is 231 Å². The Balaban J connectivity index is 1.42. The number of nitrogens with zero attached hydrogens (tertiary/aromatic N) is 3. The zero-order valence-corrected chi connectivity index (χ0v) is 23.1. The van der Waals surface area contributed by atoms with E-state index in [-0.39, 0.29) is 10.8 Å². The summed E-state index contributed by atoms with van der Waals surface area (Å²) in [7, 11) is 0. The molecule has 4 aromatic rings. The molecule has 1 spiro atoms. The van der Waals surface area contributed by atoms with Crippen LogP contribution in [0.5, 0.6) is 0 Å². The first kappa shape index (κ1) is 23.5. The van der Waals surface area contributed by atoms with Gasteiger partial charge in [-0.05, 0) is 55.2 Å². The summed E-state index contributed by atoms with van der Waals surface area (Å²) in [5, 5.41) is 8.51. The first-order valence-corrected chi connectivity index (χ1v) is 15.0. The van der Waals surface area contributed by atoms with Crippen molar-refractivity contribution in [3.63, 3.8) is 0 Å². The fourth-order valence-electron chi connectivity index (χ4n) is 6.08. The lowest BCUT2D eigenvalue weighted by Crippen LogP contribution is -2.38. The highest BCUT2D eigenvalue weighted by Crippen LogP contribution is 2.65. The molecule has 1 unspecified atom stereocenters. The summed E-state index contributed by atoms with van der Waals surface area (Å²) in [6.45, 7) is 3.10. The number of hydrogen-bond acceptors (Lipinski definition) is 4. The molecule has 37 heavy (non-hydrogen) atoms. The van der Waals surface area contributed by atoms with Crippen LogP contribution in [0, 0.1) is 6.92 Å². The molecule has 1 fully saturated rings. The molecule has 186 valence electrons. The van der Waals surface area contributed by atoms with Crippen molar-refractivity contribution < 1.29 is 0 Å². The molecule has 3 aromatic carbocycles. The van der Waals surface area contributed by atoms with E-state index >= 15 is 0 Å². The topological polar surface area (TPSA) is 21.1 Å². The number of thioether (sulfide) groups is 2. The van der Waals surface area contributed by atoms with Crippen molar-refractivity contribution in [3.05, 3.63) is 122 Å². The fraction of sp³-hybridized carbons (Fsp3) is 0.258. The summed E-state index contributed by atoms with van der Waals surface area (Å²) in [6.07, 6.45) is 5.04. The normalized spacial score (nSPS) is 19.9. The van der Waals surface area contributed by atoms with Gasteiger partial charge in [-0.1, -0.05) is 109 Å². The van der Waals surface area contributed by atoms with Crippen LogP contribution in [0.3, 0.4) is 0 Å². The monoisotopic (exact) mass is 541 g/mol. The van der Waals surface area contributed by atoms with E-state index in [2.05, 4.69) is 101 Å². The van der Waals surface area contributed by atoms with Crippen molar-refractivity contribution in [1.82, 2.24) is 14.7 Å². The van der Waals surface area contributed by atoms with Gasteiger partial charge in [-0.2, -0.15) is 5.10 Å². The van der Waals surface area contributed by atoms with Gasteiger partial charge >= 0.3 is 0 Å². The summed E-state index contributed by atoms with van der Waals surface area (Å²) < 4.78 is 2.16. The molecular weight excluding hydrogens is 514 g/mol. The van der Waals surface area contributed by atoms with Crippen LogP contribution in [-0.4, -0.2) is 19.6 Å². The number of rotatable bonds is 4. The minimum absolute atomic E-state index is 0.126. The second-order valence-electron chi connectivity index (χ2n) is 10.1. The molecule has 0 radical (unpaired) electrons. The average Bonchev–Trinajstić information content (AvgIpc) is 3.62. The van der Waals surface area contributed by atoms with Crippen LogP contribution in [0.25, 0.3) is 5.69 Å². The summed E-state index contributed by atoms with van der Waals surface area (Å²) >= 11 is 10.4. The highest BCUT2D eigenvalue weighted by Gasteiger charge is 2.52. The number of aromatic nitrogens is 2. The number of halogens is 1. The quantitative estimate of drug-likeness (QED) is 0.257. The molecule has 3 aliphatic rings. The van der Waals surface area contributed by atoms with Crippen LogP contribution in [-0.2, 0) is 6.54 Å². The van der Waals surface area contributed by atoms with Crippen molar-refractivity contribution in [2.24, 2.45) is 0 Å². The minimum atomic E-state index is 0.126. The molecule has 0 saturated heterocycles. The van der Waals surface area contributed by atoms with Gasteiger partial charge < -0.3 is 4.90 Å². The maximum atomic E-state index is 6.34. The van der Waals surface area contributed by atoms with Crippen LogP contribution in [0.2, 0.25) is 5.02 Å². The molecule has 3 heterocycles. The summed E-state index contributed by atoms with van der Waals surface area (Å²) in [6, 6.07) is 30.0. The molecular formula is C31H28ClN3S2. The van der Waals surface area contributed by atoms with E-state index < -0.39 is 0 Å². The van der Waals surface area contributed by atoms with E-state index in [9.17, 15) is 0 Å². The van der Waals surface area contributed by atoms with E-state index in [1.165, 1.54) is 57.3 Å². The number of aryl methyl sites for hydroxylation is 1. The van der Waals surface area contributed by atoms with E-state index in [0.29, 0.717) is 0 Å². The Morgan fingerprint density at radius 3 is 2.30 bits per heavy atom. The molecule has 0 bridgehead atoms. The lowest BCUT2D eigenvalue weighted by molar-refractivity contribution is 0.238. The molecule has 1 atom stereocenters. The number of benzene rings is 3.